The highest BCUT2D eigenvalue weighted by molar-refractivity contribution is 6.35. The van der Waals surface area contributed by atoms with Gasteiger partial charge in [0.2, 0.25) is 5.91 Å². The number of benzene rings is 1. The molecule has 1 unspecified atom stereocenters. The molecule has 106 valence electrons. The van der Waals surface area contributed by atoms with Gasteiger partial charge in [-0.25, -0.2) is 0 Å². The van der Waals surface area contributed by atoms with Gasteiger partial charge in [0.15, 0.2) is 0 Å². The summed E-state index contributed by atoms with van der Waals surface area (Å²) in [5, 5.41) is 10.6. The third-order valence-corrected chi connectivity index (χ3v) is 3.21. The van der Waals surface area contributed by atoms with Crippen molar-refractivity contribution in [3.63, 3.8) is 0 Å². The zero-order valence-electron chi connectivity index (χ0n) is 10.9. The van der Waals surface area contributed by atoms with Crippen LogP contribution in [0.1, 0.15) is 5.56 Å². The van der Waals surface area contributed by atoms with E-state index in [1.54, 1.807) is 25.2 Å². The molecule has 1 aromatic carbocycles. The number of nitrogens with zero attached hydrogens (tertiary/aromatic N) is 1. The van der Waals surface area contributed by atoms with E-state index in [4.69, 9.17) is 27.9 Å². The van der Waals surface area contributed by atoms with Gasteiger partial charge in [-0.05, 0) is 17.7 Å². The highest BCUT2D eigenvalue weighted by Crippen LogP contribution is 2.21. The quantitative estimate of drug-likeness (QED) is 0.874. The molecule has 4 nitrogen and oxygen atoms in total. The maximum absolute atomic E-state index is 12.0. The van der Waals surface area contributed by atoms with Crippen LogP contribution in [0.4, 0.5) is 0 Å². The Morgan fingerprint density at radius 2 is 2.16 bits per heavy atom. The van der Waals surface area contributed by atoms with Crippen molar-refractivity contribution in [1.82, 2.24) is 4.90 Å². The molecule has 1 N–H and O–H groups in total. The monoisotopic (exact) mass is 305 g/mol. The van der Waals surface area contributed by atoms with Crippen LogP contribution in [0.25, 0.3) is 0 Å². The molecule has 0 fully saturated rings. The first-order chi connectivity index (χ1) is 8.93. The van der Waals surface area contributed by atoms with Gasteiger partial charge < -0.3 is 14.7 Å². The molecule has 0 radical (unpaired) electrons. The van der Waals surface area contributed by atoms with E-state index in [1.807, 2.05) is 0 Å². The molecule has 0 saturated carbocycles. The summed E-state index contributed by atoms with van der Waals surface area (Å²) < 4.78 is 4.81. The van der Waals surface area contributed by atoms with E-state index in [9.17, 15) is 9.90 Å². The molecule has 0 bridgehead atoms. The molecule has 1 atom stereocenters. The number of halogens is 2. The predicted octanol–water partition coefficient (Wildman–Crippen LogP) is 2.00. The molecule has 0 aromatic heterocycles. The number of methoxy groups -OCH3 is 1. The molecular weight excluding hydrogens is 289 g/mol. The topological polar surface area (TPSA) is 49.8 Å². The highest BCUT2D eigenvalue weighted by atomic mass is 35.5. The average Bonchev–Trinajstić information content (AvgIpc) is 2.32. The molecule has 0 aliphatic rings. The van der Waals surface area contributed by atoms with E-state index in [0.29, 0.717) is 15.6 Å². The van der Waals surface area contributed by atoms with Crippen molar-refractivity contribution in [3.05, 3.63) is 33.8 Å². The molecule has 6 heteroatoms. The minimum absolute atomic E-state index is 0.126. The number of aliphatic hydroxyl groups excluding tert-OH is 1. The Hall–Kier alpha value is -0.810. The second kappa shape index (κ2) is 7.70. The second-order valence-corrected chi connectivity index (χ2v) is 5.14. The van der Waals surface area contributed by atoms with Gasteiger partial charge in [-0.1, -0.05) is 29.3 Å². The van der Waals surface area contributed by atoms with Crippen LogP contribution in [-0.4, -0.2) is 49.3 Å². The van der Waals surface area contributed by atoms with Crippen LogP contribution in [-0.2, 0) is 16.0 Å². The summed E-state index contributed by atoms with van der Waals surface area (Å²) >= 11 is 11.8. The van der Waals surface area contributed by atoms with Crippen LogP contribution in [0.5, 0.6) is 0 Å². The van der Waals surface area contributed by atoms with Gasteiger partial charge in [0.1, 0.15) is 0 Å². The maximum atomic E-state index is 12.0. The van der Waals surface area contributed by atoms with E-state index in [-0.39, 0.29) is 25.5 Å². The fourth-order valence-corrected chi connectivity index (χ4v) is 2.10. The summed E-state index contributed by atoms with van der Waals surface area (Å²) in [6.07, 6.45) is -0.522. The Bertz CT molecular complexity index is 440. The summed E-state index contributed by atoms with van der Waals surface area (Å²) in [6, 6.07) is 5.02. The predicted molar refractivity (Wildman–Crippen MR) is 75.7 cm³/mol. The molecule has 0 heterocycles. The fraction of sp³-hybridized carbons (Fsp3) is 0.462. The summed E-state index contributed by atoms with van der Waals surface area (Å²) in [5.41, 5.74) is 0.712. The summed E-state index contributed by atoms with van der Waals surface area (Å²) in [6.45, 7) is 0.414. The molecular formula is C13H17Cl2NO3. The van der Waals surface area contributed by atoms with Gasteiger partial charge in [-0.3, -0.25) is 4.79 Å². The lowest BCUT2D eigenvalue weighted by Gasteiger charge is -2.20. The van der Waals surface area contributed by atoms with Gasteiger partial charge in [0, 0.05) is 30.7 Å². The number of rotatable bonds is 6. The van der Waals surface area contributed by atoms with Gasteiger partial charge in [-0.2, -0.15) is 0 Å². The number of aliphatic hydroxyl groups is 1. The number of likely N-dealkylation sites (N-methyl/N-ethyl adjacent to an activating group) is 1. The van der Waals surface area contributed by atoms with Crippen LogP contribution in [0, 0.1) is 0 Å². The average molecular weight is 306 g/mol. The number of hydrogen-bond acceptors (Lipinski definition) is 3. The number of ether oxygens (including phenoxy) is 1. The lowest BCUT2D eigenvalue weighted by atomic mass is 10.1. The smallest absolute Gasteiger partial charge is 0.226 e. The van der Waals surface area contributed by atoms with Gasteiger partial charge in [0.05, 0.1) is 19.1 Å². The molecule has 0 aliphatic carbocycles. The van der Waals surface area contributed by atoms with E-state index < -0.39 is 6.10 Å². The molecule has 19 heavy (non-hydrogen) atoms. The SMILES string of the molecule is COCC(O)CN(C)C(=O)Cc1ccc(Cl)cc1Cl. The van der Waals surface area contributed by atoms with E-state index in [1.165, 1.54) is 12.0 Å². The molecule has 0 saturated heterocycles. The maximum Gasteiger partial charge on any atom is 0.226 e. The van der Waals surface area contributed by atoms with Crippen LogP contribution < -0.4 is 0 Å². The third kappa shape index (κ3) is 5.37. The normalized spacial score (nSPS) is 12.3. The zero-order chi connectivity index (χ0) is 14.4. The Morgan fingerprint density at radius 1 is 1.47 bits per heavy atom. The van der Waals surface area contributed by atoms with Gasteiger partial charge in [0.25, 0.3) is 0 Å². The Labute approximate surface area is 122 Å². The molecule has 0 spiro atoms. The number of carbonyl (C=O) groups is 1. The Morgan fingerprint density at radius 3 is 2.74 bits per heavy atom. The highest BCUT2D eigenvalue weighted by Gasteiger charge is 2.15. The number of carbonyl (C=O) groups excluding carboxylic acids is 1. The Kier molecular flexibility index (Phi) is 6.58. The summed E-state index contributed by atoms with van der Waals surface area (Å²) in [7, 11) is 3.13. The third-order valence-electron chi connectivity index (χ3n) is 2.63. The standard InChI is InChI=1S/C13H17Cl2NO3/c1-16(7-11(17)8-19-2)13(18)5-9-3-4-10(14)6-12(9)15/h3-4,6,11,17H,5,7-8H2,1-2H3. The van der Waals surface area contributed by atoms with Crippen molar-refractivity contribution in [2.45, 2.75) is 12.5 Å². The van der Waals surface area contributed by atoms with Crippen molar-refractivity contribution < 1.29 is 14.6 Å². The first-order valence-corrected chi connectivity index (χ1v) is 6.54. The van der Waals surface area contributed by atoms with Crippen LogP contribution in [0.2, 0.25) is 10.0 Å². The molecule has 0 aliphatic heterocycles. The number of amides is 1. The van der Waals surface area contributed by atoms with Crippen LogP contribution in [0.15, 0.2) is 18.2 Å². The van der Waals surface area contributed by atoms with E-state index in [0.717, 1.165) is 0 Å². The van der Waals surface area contributed by atoms with Gasteiger partial charge >= 0.3 is 0 Å². The number of hydrogen-bond donors (Lipinski definition) is 1. The zero-order valence-corrected chi connectivity index (χ0v) is 12.4. The first kappa shape index (κ1) is 16.2. The summed E-state index contributed by atoms with van der Waals surface area (Å²) in [4.78, 5) is 13.4. The lowest BCUT2D eigenvalue weighted by Crippen LogP contribution is -2.37. The Balaban J connectivity index is 2.58. The van der Waals surface area contributed by atoms with Gasteiger partial charge in [-0.15, -0.1) is 0 Å². The van der Waals surface area contributed by atoms with Crippen molar-refractivity contribution >= 4 is 29.1 Å². The largest absolute Gasteiger partial charge is 0.389 e. The fourth-order valence-electron chi connectivity index (χ4n) is 1.63. The van der Waals surface area contributed by atoms with Crippen molar-refractivity contribution in [2.75, 3.05) is 27.3 Å². The molecule has 1 aromatic rings. The lowest BCUT2D eigenvalue weighted by molar-refractivity contribution is -0.130. The van der Waals surface area contributed by atoms with E-state index in [2.05, 4.69) is 0 Å². The molecule has 1 amide bonds. The van der Waals surface area contributed by atoms with Crippen molar-refractivity contribution in [2.24, 2.45) is 0 Å². The summed E-state index contributed by atoms with van der Waals surface area (Å²) in [5.74, 6) is -0.126. The van der Waals surface area contributed by atoms with Crippen LogP contribution in [0.3, 0.4) is 0 Å². The van der Waals surface area contributed by atoms with Crippen molar-refractivity contribution in [3.8, 4) is 0 Å². The minimum atomic E-state index is -0.695. The van der Waals surface area contributed by atoms with E-state index >= 15 is 0 Å². The second-order valence-electron chi connectivity index (χ2n) is 4.30. The van der Waals surface area contributed by atoms with Crippen LogP contribution >= 0.6 is 23.2 Å². The van der Waals surface area contributed by atoms with Crippen molar-refractivity contribution in [1.29, 1.82) is 0 Å². The molecule has 1 rings (SSSR count). The first-order valence-electron chi connectivity index (χ1n) is 5.79. The minimum Gasteiger partial charge on any atom is -0.389 e.